The minimum atomic E-state index is -0.302. The molecule has 1 spiro atoms. The summed E-state index contributed by atoms with van der Waals surface area (Å²) in [5.74, 6) is 0.236. The Morgan fingerprint density at radius 1 is 1.33 bits per heavy atom. The minimum absolute atomic E-state index is 0.116. The van der Waals surface area contributed by atoms with Gasteiger partial charge in [-0.2, -0.15) is 0 Å². The molecule has 0 atom stereocenters. The van der Waals surface area contributed by atoms with Gasteiger partial charge in [-0.05, 0) is 25.7 Å². The Balaban J connectivity index is 2.03. The third-order valence-electron chi connectivity index (χ3n) is 4.12. The van der Waals surface area contributed by atoms with Crippen molar-refractivity contribution in [3.05, 3.63) is 0 Å². The van der Waals surface area contributed by atoms with Gasteiger partial charge in [0.1, 0.15) is 0 Å². The average molecular weight is 254 g/mol. The summed E-state index contributed by atoms with van der Waals surface area (Å²) < 4.78 is 6.00. The van der Waals surface area contributed by atoms with Crippen molar-refractivity contribution in [3.8, 4) is 0 Å². The van der Waals surface area contributed by atoms with Gasteiger partial charge in [-0.25, -0.2) is 0 Å². The van der Waals surface area contributed by atoms with Crippen molar-refractivity contribution in [3.63, 3.8) is 0 Å². The Bertz CT molecular complexity index is 314. The molecule has 2 fully saturated rings. The first kappa shape index (κ1) is 13.8. The van der Waals surface area contributed by atoms with Gasteiger partial charge in [0.25, 0.3) is 0 Å². The van der Waals surface area contributed by atoms with E-state index in [0.717, 1.165) is 38.8 Å². The SMILES string of the molecule is CC(C)(C)C(=O)N1CCOC2(CCC(N)CC2)C1. The molecule has 0 bridgehead atoms. The first-order valence-electron chi connectivity index (χ1n) is 7.01. The first-order valence-corrected chi connectivity index (χ1v) is 7.01. The Labute approximate surface area is 110 Å². The molecule has 1 heterocycles. The maximum Gasteiger partial charge on any atom is 0.228 e. The highest BCUT2D eigenvalue weighted by Crippen LogP contribution is 2.35. The van der Waals surface area contributed by atoms with E-state index in [1.165, 1.54) is 0 Å². The van der Waals surface area contributed by atoms with Crippen LogP contribution in [-0.2, 0) is 9.53 Å². The number of nitrogens with two attached hydrogens (primary N) is 1. The maximum absolute atomic E-state index is 12.4. The summed E-state index contributed by atoms with van der Waals surface area (Å²) in [7, 11) is 0. The molecule has 2 rings (SSSR count). The fourth-order valence-corrected chi connectivity index (χ4v) is 2.96. The molecule has 0 aromatic carbocycles. The van der Waals surface area contributed by atoms with Gasteiger partial charge in [0.05, 0.1) is 12.2 Å². The largest absolute Gasteiger partial charge is 0.371 e. The summed E-state index contributed by atoms with van der Waals surface area (Å²) in [5.41, 5.74) is 5.53. The van der Waals surface area contributed by atoms with Crippen LogP contribution in [0.25, 0.3) is 0 Å². The number of amides is 1. The molecule has 4 nitrogen and oxygen atoms in total. The van der Waals surface area contributed by atoms with Crippen LogP contribution in [0.5, 0.6) is 0 Å². The van der Waals surface area contributed by atoms with Crippen molar-refractivity contribution >= 4 is 5.91 Å². The van der Waals surface area contributed by atoms with E-state index in [1.54, 1.807) is 0 Å². The molecule has 104 valence electrons. The van der Waals surface area contributed by atoms with Gasteiger partial charge in [-0.3, -0.25) is 4.79 Å². The molecule has 0 aromatic rings. The van der Waals surface area contributed by atoms with Gasteiger partial charge in [0.15, 0.2) is 0 Å². The van der Waals surface area contributed by atoms with E-state index in [9.17, 15) is 4.79 Å². The summed E-state index contributed by atoms with van der Waals surface area (Å²) in [4.78, 5) is 14.3. The average Bonchev–Trinajstić information content (AvgIpc) is 2.32. The molecule has 1 saturated heterocycles. The zero-order valence-corrected chi connectivity index (χ0v) is 11.9. The van der Waals surface area contributed by atoms with Crippen molar-refractivity contribution in [1.29, 1.82) is 0 Å². The Hall–Kier alpha value is -0.610. The molecule has 1 aliphatic carbocycles. The van der Waals surface area contributed by atoms with Crippen molar-refractivity contribution in [1.82, 2.24) is 4.90 Å². The molecule has 2 aliphatic rings. The number of ether oxygens (including phenoxy) is 1. The number of carbonyl (C=O) groups excluding carboxylic acids is 1. The third kappa shape index (κ3) is 2.86. The number of hydrogen-bond donors (Lipinski definition) is 1. The van der Waals surface area contributed by atoms with E-state index in [1.807, 2.05) is 25.7 Å². The van der Waals surface area contributed by atoms with Crippen LogP contribution in [0.4, 0.5) is 0 Å². The fourth-order valence-electron chi connectivity index (χ4n) is 2.96. The number of morpholine rings is 1. The lowest BCUT2D eigenvalue weighted by Gasteiger charge is -2.47. The van der Waals surface area contributed by atoms with Crippen LogP contribution in [0, 0.1) is 5.41 Å². The van der Waals surface area contributed by atoms with Gasteiger partial charge < -0.3 is 15.4 Å². The third-order valence-corrected chi connectivity index (χ3v) is 4.12. The van der Waals surface area contributed by atoms with E-state index in [4.69, 9.17) is 10.5 Å². The lowest BCUT2D eigenvalue weighted by Crippen LogP contribution is -2.57. The molecule has 0 aromatic heterocycles. The lowest BCUT2D eigenvalue weighted by atomic mass is 9.80. The second-order valence-electron chi connectivity index (χ2n) is 6.85. The smallest absolute Gasteiger partial charge is 0.228 e. The van der Waals surface area contributed by atoms with E-state index in [-0.39, 0.29) is 16.9 Å². The number of nitrogens with zero attached hydrogens (tertiary/aromatic N) is 1. The quantitative estimate of drug-likeness (QED) is 0.713. The zero-order chi connectivity index (χ0) is 13.4. The van der Waals surface area contributed by atoms with Gasteiger partial charge >= 0.3 is 0 Å². The molecule has 1 aliphatic heterocycles. The highest BCUT2D eigenvalue weighted by Gasteiger charge is 2.42. The zero-order valence-electron chi connectivity index (χ0n) is 11.9. The predicted octanol–water partition coefficient (Wildman–Crippen LogP) is 1.53. The summed E-state index contributed by atoms with van der Waals surface area (Å²) in [6.45, 7) is 8.08. The van der Waals surface area contributed by atoms with Crippen LogP contribution < -0.4 is 5.73 Å². The predicted molar refractivity (Wildman–Crippen MR) is 71.2 cm³/mol. The highest BCUT2D eigenvalue weighted by atomic mass is 16.5. The van der Waals surface area contributed by atoms with E-state index in [2.05, 4.69) is 0 Å². The standard InChI is InChI=1S/C14H26N2O2/c1-13(2,3)12(17)16-8-9-18-14(10-16)6-4-11(15)5-7-14/h11H,4-10,15H2,1-3H3. The minimum Gasteiger partial charge on any atom is -0.371 e. The van der Waals surface area contributed by atoms with Gasteiger partial charge in [-0.1, -0.05) is 20.8 Å². The van der Waals surface area contributed by atoms with Crippen LogP contribution in [0.1, 0.15) is 46.5 Å². The molecule has 4 heteroatoms. The number of rotatable bonds is 0. The van der Waals surface area contributed by atoms with E-state index in [0.29, 0.717) is 12.6 Å². The van der Waals surface area contributed by atoms with E-state index < -0.39 is 0 Å². The Morgan fingerprint density at radius 2 is 1.94 bits per heavy atom. The summed E-state index contributed by atoms with van der Waals surface area (Å²) in [5, 5.41) is 0. The second kappa shape index (κ2) is 4.82. The molecule has 18 heavy (non-hydrogen) atoms. The Morgan fingerprint density at radius 3 is 2.50 bits per heavy atom. The number of carbonyl (C=O) groups is 1. The molecule has 2 N–H and O–H groups in total. The summed E-state index contributed by atoms with van der Waals surface area (Å²) in [6, 6.07) is 0.313. The monoisotopic (exact) mass is 254 g/mol. The maximum atomic E-state index is 12.4. The van der Waals surface area contributed by atoms with E-state index >= 15 is 0 Å². The molecular formula is C14H26N2O2. The molecule has 0 unspecified atom stereocenters. The normalized spacial score (nSPS) is 33.8. The first-order chi connectivity index (χ1) is 8.32. The van der Waals surface area contributed by atoms with Crippen molar-refractivity contribution in [2.75, 3.05) is 19.7 Å². The number of hydrogen-bond acceptors (Lipinski definition) is 3. The molecule has 1 saturated carbocycles. The second-order valence-corrected chi connectivity index (χ2v) is 6.85. The van der Waals surface area contributed by atoms with Crippen molar-refractivity contribution in [2.24, 2.45) is 11.1 Å². The van der Waals surface area contributed by atoms with Gasteiger partial charge in [0, 0.05) is 24.5 Å². The highest BCUT2D eigenvalue weighted by molar-refractivity contribution is 5.81. The van der Waals surface area contributed by atoms with Crippen LogP contribution in [0.3, 0.4) is 0 Å². The van der Waals surface area contributed by atoms with Crippen LogP contribution >= 0.6 is 0 Å². The van der Waals surface area contributed by atoms with Gasteiger partial charge in [0.2, 0.25) is 5.91 Å². The van der Waals surface area contributed by atoms with Crippen molar-refractivity contribution < 1.29 is 9.53 Å². The Kier molecular flexibility index (Phi) is 3.70. The van der Waals surface area contributed by atoms with Crippen LogP contribution in [0.2, 0.25) is 0 Å². The van der Waals surface area contributed by atoms with Crippen LogP contribution in [0.15, 0.2) is 0 Å². The van der Waals surface area contributed by atoms with Gasteiger partial charge in [-0.15, -0.1) is 0 Å². The fraction of sp³-hybridized carbons (Fsp3) is 0.929. The molecule has 0 radical (unpaired) electrons. The molecular weight excluding hydrogens is 228 g/mol. The van der Waals surface area contributed by atoms with Crippen LogP contribution in [-0.4, -0.2) is 42.1 Å². The lowest BCUT2D eigenvalue weighted by molar-refractivity contribution is -0.163. The topological polar surface area (TPSA) is 55.6 Å². The molecule has 1 amide bonds. The summed E-state index contributed by atoms with van der Waals surface area (Å²) >= 11 is 0. The summed E-state index contributed by atoms with van der Waals surface area (Å²) in [6.07, 6.45) is 4.00. The van der Waals surface area contributed by atoms with Crippen molar-refractivity contribution in [2.45, 2.75) is 58.1 Å².